The van der Waals surface area contributed by atoms with Gasteiger partial charge in [-0.3, -0.25) is 0 Å². The van der Waals surface area contributed by atoms with Crippen molar-refractivity contribution in [3.63, 3.8) is 0 Å². The summed E-state index contributed by atoms with van der Waals surface area (Å²) >= 11 is 1.51. The van der Waals surface area contributed by atoms with Gasteiger partial charge in [0.05, 0.1) is 10.9 Å². The Balaban J connectivity index is 1.68. The SMILES string of the molecule is O=S(=O)(N[C@@H](c1ccccc1)c1cccs1)c1ccc2c(c1)OCCO2. The van der Waals surface area contributed by atoms with Gasteiger partial charge in [0.2, 0.25) is 10.0 Å². The Morgan fingerprint density at radius 1 is 0.923 bits per heavy atom. The van der Waals surface area contributed by atoms with Crippen LogP contribution in [0.5, 0.6) is 11.5 Å². The fourth-order valence-corrected chi connectivity index (χ4v) is 4.90. The lowest BCUT2D eigenvalue weighted by Gasteiger charge is -2.21. The summed E-state index contributed by atoms with van der Waals surface area (Å²) in [6, 6.07) is 17.6. The number of rotatable bonds is 5. The first-order valence-corrected chi connectivity index (χ1v) is 10.5. The molecule has 0 unspecified atom stereocenters. The van der Waals surface area contributed by atoms with Gasteiger partial charge in [-0.15, -0.1) is 11.3 Å². The topological polar surface area (TPSA) is 64.6 Å². The molecular weight excluding hydrogens is 370 g/mol. The van der Waals surface area contributed by atoms with Gasteiger partial charge in [0.25, 0.3) is 0 Å². The second kappa shape index (κ2) is 7.11. The van der Waals surface area contributed by atoms with Gasteiger partial charge in [-0.25, -0.2) is 8.42 Å². The number of thiophene rings is 1. The number of sulfonamides is 1. The molecule has 7 heteroatoms. The van der Waals surface area contributed by atoms with E-state index in [1.54, 1.807) is 6.07 Å². The minimum Gasteiger partial charge on any atom is -0.486 e. The van der Waals surface area contributed by atoms with Crippen molar-refractivity contribution in [3.05, 3.63) is 76.5 Å². The zero-order valence-corrected chi connectivity index (χ0v) is 15.4. The monoisotopic (exact) mass is 387 g/mol. The average molecular weight is 387 g/mol. The number of fused-ring (bicyclic) bond motifs is 1. The second-order valence-corrected chi connectivity index (χ2v) is 8.48. The fourth-order valence-electron chi connectivity index (χ4n) is 2.81. The first-order valence-electron chi connectivity index (χ1n) is 8.14. The molecule has 0 saturated carbocycles. The van der Waals surface area contributed by atoms with Crippen LogP contribution in [0.2, 0.25) is 0 Å². The predicted molar refractivity (Wildman–Crippen MR) is 100 cm³/mol. The third-order valence-corrected chi connectivity index (χ3v) is 6.42. The highest BCUT2D eigenvalue weighted by molar-refractivity contribution is 7.89. The number of benzene rings is 2. The van der Waals surface area contributed by atoms with E-state index in [4.69, 9.17) is 9.47 Å². The summed E-state index contributed by atoms with van der Waals surface area (Å²) in [5, 5.41) is 1.93. The Kier molecular flexibility index (Phi) is 4.67. The maximum atomic E-state index is 13.0. The van der Waals surface area contributed by atoms with Crippen molar-refractivity contribution >= 4 is 21.4 Å². The van der Waals surface area contributed by atoms with Crippen LogP contribution in [0.15, 0.2) is 70.9 Å². The molecule has 2 aromatic carbocycles. The van der Waals surface area contributed by atoms with Crippen LogP contribution < -0.4 is 14.2 Å². The van der Waals surface area contributed by atoms with Crippen LogP contribution in [-0.4, -0.2) is 21.6 Å². The molecule has 0 spiro atoms. The van der Waals surface area contributed by atoms with E-state index in [1.165, 1.54) is 23.5 Å². The molecule has 0 aliphatic carbocycles. The molecule has 1 aliphatic heterocycles. The van der Waals surface area contributed by atoms with E-state index in [0.717, 1.165) is 10.4 Å². The van der Waals surface area contributed by atoms with Crippen LogP contribution in [0.4, 0.5) is 0 Å². The Morgan fingerprint density at radius 3 is 2.42 bits per heavy atom. The molecule has 26 heavy (non-hydrogen) atoms. The van der Waals surface area contributed by atoms with E-state index in [-0.39, 0.29) is 4.90 Å². The molecule has 2 heterocycles. The standard InChI is InChI=1S/C19H17NO4S2/c21-26(22,15-8-9-16-17(13-15)24-11-10-23-16)20-19(18-7-4-12-25-18)14-5-2-1-3-6-14/h1-9,12-13,19-20H,10-11H2/t19-/m0/s1. The predicted octanol–water partition coefficient (Wildman–Crippen LogP) is 3.59. The van der Waals surface area contributed by atoms with Gasteiger partial charge in [0.15, 0.2) is 11.5 Å². The number of hydrogen-bond acceptors (Lipinski definition) is 5. The first-order chi connectivity index (χ1) is 12.6. The third-order valence-electron chi connectivity index (χ3n) is 4.06. The lowest BCUT2D eigenvalue weighted by atomic mass is 10.1. The van der Waals surface area contributed by atoms with Crippen LogP contribution in [0.25, 0.3) is 0 Å². The van der Waals surface area contributed by atoms with E-state index in [9.17, 15) is 8.42 Å². The number of ether oxygens (including phenoxy) is 2. The minimum atomic E-state index is -3.75. The first kappa shape index (κ1) is 17.1. The van der Waals surface area contributed by atoms with Crippen LogP contribution in [0, 0.1) is 0 Å². The highest BCUT2D eigenvalue weighted by Gasteiger charge is 2.25. The van der Waals surface area contributed by atoms with Crippen molar-refractivity contribution in [1.29, 1.82) is 0 Å². The zero-order valence-electron chi connectivity index (χ0n) is 13.8. The zero-order chi connectivity index (χ0) is 18.0. The third kappa shape index (κ3) is 3.46. The highest BCUT2D eigenvalue weighted by atomic mass is 32.2. The molecule has 3 aromatic rings. The fraction of sp³-hybridized carbons (Fsp3) is 0.158. The number of nitrogens with one attached hydrogen (secondary N) is 1. The lowest BCUT2D eigenvalue weighted by molar-refractivity contribution is 0.171. The van der Waals surface area contributed by atoms with Crippen LogP contribution in [-0.2, 0) is 10.0 Å². The smallest absolute Gasteiger partial charge is 0.241 e. The molecule has 0 saturated heterocycles. The van der Waals surface area contributed by atoms with Crippen molar-refractivity contribution < 1.29 is 17.9 Å². The van der Waals surface area contributed by atoms with Crippen LogP contribution in [0.3, 0.4) is 0 Å². The molecule has 1 aromatic heterocycles. The van der Waals surface area contributed by atoms with E-state index < -0.39 is 16.1 Å². The van der Waals surface area contributed by atoms with Crippen molar-refractivity contribution in [2.75, 3.05) is 13.2 Å². The van der Waals surface area contributed by atoms with Crippen molar-refractivity contribution in [2.45, 2.75) is 10.9 Å². The summed E-state index contributed by atoms with van der Waals surface area (Å²) in [5.41, 5.74) is 0.885. The summed E-state index contributed by atoms with van der Waals surface area (Å²) in [6.45, 7) is 0.873. The Morgan fingerprint density at radius 2 is 1.69 bits per heavy atom. The highest BCUT2D eigenvalue weighted by Crippen LogP contribution is 2.33. The maximum Gasteiger partial charge on any atom is 0.241 e. The largest absolute Gasteiger partial charge is 0.486 e. The summed E-state index contributed by atoms with van der Waals surface area (Å²) in [4.78, 5) is 1.08. The summed E-state index contributed by atoms with van der Waals surface area (Å²) < 4.78 is 39.8. The Bertz CT molecular complexity index is 986. The second-order valence-electron chi connectivity index (χ2n) is 5.79. The van der Waals surface area contributed by atoms with E-state index in [1.807, 2.05) is 47.8 Å². The summed E-state index contributed by atoms with van der Waals surface area (Å²) in [7, 11) is -3.75. The van der Waals surface area contributed by atoms with E-state index in [2.05, 4.69) is 4.72 Å². The summed E-state index contributed by atoms with van der Waals surface area (Å²) in [5.74, 6) is 1.01. The molecule has 1 N–H and O–H groups in total. The van der Waals surface area contributed by atoms with Gasteiger partial charge in [-0.2, -0.15) is 4.72 Å². The van der Waals surface area contributed by atoms with Gasteiger partial charge in [0, 0.05) is 10.9 Å². The van der Waals surface area contributed by atoms with Gasteiger partial charge in [-0.1, -0.05) is 36.4 Å². The van der Waals surface area contributed by atoms with Gasteiger partial charge in [-0.05, 0) is 29.1 Å². The molecule has 5 nitrogen and oxygen atoms in total. The molecule has 0 amide bonds. The molecule has 0 bridgehead atoms. The maximum absolute atomic E-state index is 13.0. The summed E-state index contributed by atoms with van der Waals surface area (Å²) in [6.07, 6.45) is 0. The van der Waals surface area contributed by atoms with Crippen molar-refractivity contribution in [1.82, 2.24) is 4.72 Å². The van der Waals surface area contributed by atoms with E-state index in [0.29, 0.717) is 24.7 Å². The van der Waals surface area contributed by atoms with E-state index >= 15 is 0 Å². The Hall–Kier alpha value is -2.35. The molecule has 1 aliphatic rings. The molecule has 0 fully saturated rings. The normalized spacial score (nSPS) is 14.8. The van der Waals surface area contributed by atoms with Crippen LogP contribution >= 0.6 is 11.3 Å². The quantitative estimate of drug-likeness (QED) is 0.727. The van der Waals surface area contributed by atoms with Crippen molar-refractivity contribution in [2.24, 2.45) is 0 Å². The van der Waals surface area contributed by atoms with Gasteiger partial charge in [0.1, 0.15) is 13.2 Å². The van der Waals surface area contributed by atoms with Gasteiger partial charge >= 0.3 is 0 Å². The molecular formula is C19H17NO4S2. The molecule has 134 valence electrons. The lowest BCUT2D eigenvalue weighted by Crippen LogP contribution is -2.29. The Labute approximate surface area is 156 Å². The van der Waals surface area contributed by atoms with Gasteiger partial charge < -0.3 is 9.47 Å². The molecule has 4 rings (SSSR count). The minimum absolute atomic E-state index is 0.152. The molecule has 0 radical (unpaired) electrons. The number of hydrogen-bond donors (Lipinski definition) is 1. The van der Waals surface area contributed by atoms with Crippen molar-refractivity contribution in [3.8, 4) is 11.5 Å². The average Bonchev–Trinajstić information content (AvgIpc) is 3.21. The van der Waals surface area contributed by atoms with Crippen LogP contribution in [0.1, 0.15) is 16.5 Å². The molecule has 1 atom stereocenters.